The van der Waals surface area contributed by atoms with Crippen molar-refractivity contribution in [3.63, 3.8) is 0 Å². The van der Waals surface area contributed by atoms with E-state index in [2.05, 4.69) is 0 Å². The molecule has 2 atom stereocenters. The van der Waals surface area contributed by atoms with Crippen molar-refractivity contribution in [1.29, 1.82) is 0 Å². The van der Waals surface area contributed by atoms with Gasteiger partial charge in [0.1, 0.15) is 5.60 Å². The molecule has 1 aliphatic heterocycles. The van der Waals surface area contributed by atoms with Crippen molar-refractivity contribution in [1.82, 2.24) is 4.90 Å². The van der Waals surface area contributed by atoms with E-state index in [1.165, 1.54) is 0 Å². The Labute approximate surface area is 136 Å². The second-order valence-electron chi connectivity index (χ2n) is 5.97. The quantitative estimate of drug-likeness (QED) is 0.863. The minimum atomic E-state index is -0.918. The maximum Gasteiger partial charge on any atom is 0.294 e. The number of piperidine rings is 1. The van der Waals surface area contributed by atoms with Crippen LogP contribution in [0.2, 0.25) is 0 Å². The van der Waals surface area contributed by atoms with E-state index in [1.54, 1.807) is 0 Å². The number of carbonyl (C=O) groups excluding carboxylic acids is 1. The van der Waals surface area contributed by atoms with E-state index in [4.69, 9.17) is 4.74 Å². The molecule has 0 spiro atoms. The molecule has 0 aromatic heterocycles. The van der Waals surface area contributed by atoms with Gasteiger partial charge >= 0.3 is 0 Å². The molecule has 0 amide bonds. The first kappa shape index (κ1) is 15.7. The zero-order valence-electron chi connectivity index (χ0n) is 13.0. The summed E-state index contributed by atoms with van der Waals surface area (Å²) in [6, 6.07) is 19.3. The predicted molar refractivity (Wildman–Crippen MR) is 87.5 cm³/mol. The van der Waals surface area contributed by atoms with Gasteiger partial charge in [-0.15, -0.1) is 0 Å². The van der Waals surface area contributed by atoms with Gasteiger partial charge in [-0.25, -0.2) is 0 Å². The molecule has 0 bridgehead atoms. The Balaban J connectivity index is 1.85. The Bertz CT molecular complexity index is 632. The fraction of sp³-hybridized carbons (Fsp3) is 0.316. The summed E-state index contributed by atoms with van der Waals surface area (Å²) in [6.07, 6.45) is 1.08. The van der Waals surface area contributed by atoms with E-state index >= 15 is 0 Å². The average Bonchev–Trinajstić information content (AvgIpc) is 2.61. The molecular weight excluding hydrogens is 290 g/mol. The molecule has 23 heavy (non-hydrogen) atoms. The van der Waals surface area contributed by atoms with Crippen LogP contribution in [0.5, 0.6) is 0 Å². The Morgan fingerprint density at radius 2 is 1.74 bits per heavy atom. The van der Waals surface area contributed by atoms with Gasteiger partial charge in [0, 0.05) is 18.7 Å². The van der Waals surface area contributed by atoms with Crippen molar-refractivity contribution in [2.24, 2.45) is 0 Å². The summed E-state index contributed by atoms with van der Waals surface area (Å²) in [4.78, 5) is 13.0. The zero-order valence-corrected chi connectivity index (χ0v) is 13.0. The number of hydrogen-bond acceptors (Lipinski definition) is 4. The predicted octanol–water partition coefficient (Wildman–Crippen LogP) is 2.84. The van der Waals surface area contributed by atoms with E-state index in [9.17, 15) is 9.90 Å². The van der Waals surface area contributed by atoms with Crippen LogP contribution in [0, 0.1) is 0 Å². The molecule has 4 heteroatoms. The number of carbonyl (C=O) groups is 1. The molecule has 0 aliphatic carbocycles. The first-order valence-corrected chi connectivity index (χ1v) is 7.89. The number of aliphatic hydroxyl groups is 1. The maximum absolute atomic E-state index is 11.1. The third-order valence-corrected chi connectivity index (χ3v) is 4.41. The third kappa shape index (κ3) is 3.44. The number of benzene rings is 2. The zero-order chi connectivity index (χ0) is 16.1. The van der Waals surface area contributed by atoms with E-state index < -0.39 is 11.8 Å². The molecule has 2 aromatic rings. The molecule has 0 radical (unpaired) electrons. The fourth-order valence-corrected chi connectivity index (χ4v) is 3.30. The van der Waals surface area contributed by atoms with Crippen molar-refractivity contribution in [2.75, 3.05) is 13.1 Å². The van der Waals surface area contributed by atoms with Crippen molar-refractivity contribution >= 4 is 6.47 Å². The fourth-order valence-electron chi connectivity index (χ4n) is 3.30. The number of rotatable bonds is 5. The van der Waals surface area contributed by atoms with Gasteiger partial charge in [-0.3, -0.25) is 9.69 Å². The highest BCUT2D eigenvalue weighted by Crippen LogP contribution is 2.35. The summed E-state index contributed by atoms with van der Waals surface area (Å²) in [5.41, 5.74) is 0.901. The molecule has 2 aromatic carbocycles. The van der Waals surface area contributed by atoms with Crippen LogP contribution in [0.4, 0.5) is 0 Å². The third-order valence-electron chi connectivity index (χ3n) is 4.41. The molecule has 1 N–H and O–H groups in total. The van der Waals surface area contributed by atoms with Crippen LogP contribution in [0.15, 0.2) is 60.7 Å². The summed E-state index contributed by atoms with van der Waals surface area (Å²) in [7, 11) is 0. The second kappa shape index (κ2) is 6.94. The summed E-state index contributed by atoms with van der Waals surface area (Å²) < 4.78 is 5.33. The van der Waals surface area contributed by atoms with Gasteiger partial charge in [0.25, 0.3) is 6.47 Å². The van der Waals surface area contributed by atoms with E-state index in [0.29, 0.717) is 19.4 Å². The van der Waals surface area contributed by atoms with Crippen LogP contribution >= 0.6 is 0 Å². The molecule has 4 nitrogen and oxygen atoms in total. The Hall–Kier alpha value is -2.17. The van der Waals surface area contributed by atoms with Gasteiger partial charge < -0.3 is 9.84 Å². The van der Waals surface area contributed by atoms with Crippen LogP contribution in [-0.2, 0) is 15.1 Å². The summed E-state index contributed by atoms with van der Waals surface area (Å²) in [6.45, 7) is 1.70. The van der Waals surface area contributed by atoms with E-state index in [0.717, 1.165) is 24.1 Å². The molecule has 3 rings (SSSR count). The van der Waals surface area contributed by atoms with Gasteiger partial charge in [0.15, 0.2) is 6.23 Å². The largest absolute Gasteiger partial charge is 0.444 e. The highest BCUT2D eigenvalue weighted by Gasteiger charge is 2.38. The van der Waals surface area contributed by atoms with Crippen molar-refractivity contribution < 1.29 is 14.6 Å². The molecular formula is C19H21NO3. The minimum absolute atomic E-state index is 0.435. The highest BCUT2D eigenvalue weighted by molar-refractivity contribution is 5.38. The molecule has 0 saturated carbocycles. The topological polar surface area (TPSA) is 49.8 Å². The maximum atomic E-state index is 11.1. The molecule has 1 saturated heterocycles. The number of likely N-dealkylation sites (tertiary alicyclic amines) is 1. The van der Waals surface area contributed by atoms with Gasteiger partial charge in [0.05, 0.1) is 0 Å². The normalized spacial score (nSPS) is 23.2. The van der Waals surface area contributed by atoms with Crippen LogP contribution in [-0.4, -0.2) is 29.6 Å². The number of nitrogens with zero attached hydrogens (tertiary/aromatic N) is 1. The average molecular weight is 311 g/mol. The summed E-state index contributed by atoms with van der Waals surface area (Å²) >= 11 is 0. The first-order chi connectivity index (χ1) is 11.2. The monoisotopic (exact) mass is 311 g/mol. The van der Waals surface area contributed by atoms with Crippen LogP contribution in [0.25, 0.3) is 0 Å². The lowest BCUT2D eigenvalue weighted by Gasteiger charge is -2.42. The smallest absolute Gasteiger partial charge is 0.294 e. The van der Waals surface area contributed by atoms with Crippen LogP contribution in [0.1, 0.15) is 30.2 Å². The van der Waals surface area contributed by atoms with Gasteiger partial charge in [-0.2, -0.15) is 0 Å². The van der Waals surface area contributed by atoms with E-state index in [1.807, 2.05) is 65.6 Å². The number of hydrogen-bond donors (Lipinski definition) is 1. The van der Waals surface area contributed by atoms with Crippen molar-refractivity contribution in [3.8, 4) is 0 Å². The summed E-state index contributed by atoms with van der Waals surface area (Å²) in [5.74, 6) is 0. The lowest BCUT2D eigenvalue weighted by Crippen LogP contribution is -2.47. The highest BCUT2D eigenvalue weighted by atomic mass is 16.5. The molecule has 2 unspecified atom stereocenters. The molecule has 1 heterocycles. The minimum Gasteiger partial charge on any atom is -0.444 e. The molecule has 120 valence electrons. The van der Waals surface area contributed by atoms with Crippen LogP contribution < -0.4 is 0 Å². The van der Waals surface area contributed by atoms with Gasteiger partial charge in [-0.1, -0.05) is 60.7 Å². The first-order valence-electron chi connectivity index (χ1n) is 7.89. The SMILES string of the molecule is O=COC(c1ccccc1)N1CCCC(O)(c2ccccc2)C1. The standard InChI is InChI=1S/C19H21NO3/c21-15-23-18(16-8-3-1-4-9-16)20-13-7-12-19(22,14-20)17-10-5-2-6-11-17/h1-6,8-11,15,18,22H,7,12-14H2. The van der Waals surface area contributed by atoms with E-state index in [-0.39, 0.29) is 0 Å². The Morgan fingerprint density at radius 3 is 2.39 bits per heavy atom. The Kier molecular flexibility index (Phi) is 4.74. The lowest BCUT2D eigenvalue weighted by molar-refractivity contribution is -0.154. The Morgan fingerprint density at radius 1 is 1.09 bits per heavy atom. The lowest BCUT2D eigenvalue weighted by atomic mass is 9.85. The number of ether oxygens (including phenoxy) is 1. The molecule has 1 fully saturated rings. The van der Waals surface area contributed by atoms with Crippen molar-refractivity contribution in [3.05, 3.63) is 71.8 Å². The second-order valence-corrected chi connectivity index (χ2v) is 5.97. The van der Waals surface area contributed by atoms with Gasteiger partial charge in [-0.05, 0) is 18.4 Å². The van der Waals surface area contributed by atoms with Crippen LogP contribution in [0.3, 0.4) is 0 Å². The molecule has 1 aliphatic rings. The summed E-state index contributed by atoms with van der Waals surface area (Å²) in [5, 5.41) is 11.1. The van der Waals surface area contributed by atoms with Gasteiger partial charge in [0.2, 0.25) is 0 Å². The number of β-amino-alcohol motifs (C(OH)–C–C–N with tert-alkyl or cyclic N) is 1. The van der Waals surface area contributed by atoms with Crippen molar-refractivity contribution in [2.45, 2.75) is 24.7 Å².